The van der Waals surface area contributed by atoms with Crippen molar-refractivity contribution in [1.82, 2.24) is 0 Å². The van der Waals surface area contributed by atoms with Crippen LogP contribution >= 0.6 is 0 Å². The summed E-state index contributed by atoms with van der Waals surface area (Å²) in [5.74, 6) is -0.734. The Labute approximate surface area is 117 Å². The number of hydrogen-bond acceptors (Lipinski definition) is 3. The molecule has 0 heterocycles. The van der Waals surface area contributed by atoms with Crippen molar-refractivity contribution in [2.75, 3.05) is 0 Å². The van der Waals surface area contributed by atoms with Gasteiger partial charge in [0.1, 0.15) is 0 Å². The summed E-state index contributed by atoms with van der Waals surface area (Å²) in [4.78, 5) is 14.9. The number of carbonyl (C=O) groups excluding carboxylic acids is 1. The third-order valence-corrected chi connectivity index (χ3v) is 2.09. The molecule has 2 radical (unpaired) electrons. The topological polar surface area (TPSA) is 46.5 Å². The largest absolute Gasteiger partial charge is 0.373 e. The van der Waals surface area contributed by atoms with Crippen LogP contribution in [0.4, 0.5) is 0 Å². The minimum atomic E-state index is -0.734. The van der Waals surface area contributed by atoms with Gasteiger partial charge in [-0.3, -0.25) is 4.89 Å². The average Bonchev–Trinajstić information content (AvgIpc) is 2.27. The van der Waals surface area contributed by atoms with E-state index in [2.05, 4.69) is 4.89 Å². The van der Waals surface area contributed by atoms with Crippen LogP contribution in [0, 0.1) is 0 Å². The van der Waals surface area contributed by atoms with Gasteiger partial charge in [-0.05, 0) is 16.8 Å². The van der Waals surface area contributed by atoms with Crippen LogP contribution in [0.3, 0.4) is 0 Å². The second-order valence-corrected chi connectivity index (χ2v) is 2.91. The van der Waals surface area contributed by atoms with Crippen molar-refractivity contribution < 1.29 is 14.9 Å². The molecule has 0 atom stereocenters. The van der Waals surface area contributed by atoms with E-state index in [1.54, 1.807) is 12.1 Å². The van der Waals surface area contributed by atoms with Gasteiger partial charge >= 0.3 is 5.97 Å². The molecule has 3 nitrogen and oxygen atoms in total. The summed E-state index contributed by atoms with van der Waals surface area (Å²) < 4.78 is 0. The van der Waals surface area contributed by atoms with Gasteiger partial charge in [0.25, 0.3) is 0 Å². The average molecular weight is 228 g/mol. The van der Waals surface area contributed by atoms with Gasteiger partial charge in [0.2, 0.25) is 0 Å². The van der Waals surface area contributed by atoms with Crippen molar-refractivity contribution >= 4 is 54.5 Å². The van der Waals surface area contributed by atoms with Gasteiger partial charge in [-0.1, -0.05) is 36.4 Å². The predicted octanol–water partition coefficient (Wildman–Crippen LogP) is 2.09. The van der Waals surface area contributed by atoms with Crippen LogP contribution in [-0.4, -0.2) is 49.0 Å². The van der Waals surface area contributed by atoms with Crippen LogP contribution in [0.25, 0.3) is 10.8 Å². The summed E-state index contributed by atoms with van der Waals surface area (Å²) in [5, 5.41) is 10.0. The van der Waals surface area contributed by atoms with Gasteiger partial charge in [-0.2, -0.15) is 5.26 Å². The molecular formula is C11H8CaO3. The van der Waals surface area contributed by atoms with Crippen molar-refractivity contribution in [3.8, 4) is 0 Å². The fraction of sp³-hybridized carbons (Fsp3) is 0. The Balaban J connectivity index is 0.00000112. The van der Waals surface area contributed by atoms with E-state index in [1.807, 2.05) is 30.3 Å². The standard InChI is InChI=1S/C11H8O3.Ca/c12-11(14-13)10-7-3-5-8-4-1-2-6-9(8)10;/h1-7,13H;. The van der Waals surface area contributed by atoms with Crippen LogP contribution < -0.4 is 0 Å². The summed E-state index contributed by atoms with van der Waals surface area (Å²) in [6.45, 7) is 0. The Morgan fingerprint density at radius 1 is 1.07 bits per heavy atom. The maximum absolute atomic E-state index is 11.2. The zero-order chi connectivity index (χ0) is 9.97. The minimum absolute atomic E-state index is 0. The maximum Gasteiger partial charge on any atom is 0.373 e. The van der Waals surface area contributed by atoms with E-state index in [1.165, 1.54) is 0 Å². The quantitative estimate of drug-likeness (QED) is 0.462. The number of hydrogen-bond donors (Lipinski definition) is 1. The van der Waals surface area contributed by atoms with Gasteiger partial charge in [-0.15, -0.1) is 0 Å². The minimum Gasteiger partial charge on any atom is -0.295 e. The van der Waals surface area contributed by atoms with Crippen molar-refractivity contribution in [1.29, 1.82) is 0 Å². The molecular weight excluding hydrogens is 220 g/mol. The summed E-state index contributed by atoms with van der Waals surface area (Å²) >= 11 is 0. The second-order valence-electron chi connectivity index (χ2n) is 2.91. The molecule has 0 unspecified atom stereocenters. The van der Waals surface area contributed by atoms with E-state index in [4.69, 9.17) is 5.26 Å². The molecule has 0 aromatic heterocycles. The molecule has 15 heavy (non-hydrogen) atoms. The Kier molecular flexibility index (Phi) is 4.54. The first-order chi connectivity index (χ1) is 6.83. The second kappa shape index (κ2) is 5.47. The first kappa shape index (κ1) is 12.5. The van der Waals surface area contributed by atoms with Crippen molar-refractivity contribution in [3.63, 3.8) is 0 Å². The van der Waals surface area contributed by atoms with Crippen LogP contribution in [0.2, 0.25) is 0 Å². The smallest absolute Gasteiger partial charge is 0.295 e. The number of carbonyl (C=O) groups is 1. The summed E-state index contributed by atoms with van der Waals surface area (Å²) in [5.41, 5.74) is 0.366. The first-order valence-electron chi connectivity index (χ1n) is 4.16. The molecule has 0 amide bonds. The molecule has 2 rings (SSSR count). The molecule has 0 aliphatic rings. The molecule has 2 aromatic carbocycles. The summed E-state index contributed by atoms with van der Waals surface area (Å²) in [7, 11) is 0. The van der Waals surface area contributed by atoms with Gasteiger partial charge in [0.15, 0.2) is 0 Å². The van der Waals surface area contributed by atoms with E-state index < -0.39 is 5.97 Å². The summed E-state index contributed by atoms with van der Waals surface area (Å²) in [6.07, 6.45) is 0. The molecule has 0 bridgehead atoms. The maximum atomic E-state index is 11.2. The van der Waals surface area contributed by atoms with E-state index in [0.717, 1.165) is 10.8 Å². The predicted molar refractivity (Wildman–Crippen MR) is 57.7 cm³/mol. The molecule has 0 aliphatic carbocycles. The van der Waals surface area contributed by atoms with Crippen LogP contribution in [0.5, 0.6) is 0 Å². The molecule has 0 spiro atoms. The van der Waals surface area contributed by atoms with Crippen molar-refractivity contribution in [2.24, 2.45) is 0 Å². The number of rotatable bonds is 1. The number of fused-ring (bicyclic) bond motifs is 1. The molecule has 2 aromatic rings. The molecule has 72 valence electrons. The zero-order valence-corrected chi connectivity index (χ0v) is 10.2. The normalized spacial score (nSPS) is 9.40. The Hall–Kier alpha value is -0.610. The SMILES string of the molecule is O=C(OO)c1cccc2ccccc12.[Ca]. The molecule has 0 fully saturated rings. The Morgan fingerprint density at radius 2 is 1.73 bits per heavy atom. The Bertz CT molecular complexity index is 477. The monoisotopic (exact) mass is 228 g/mol. The van der Waals surface area contributed by atoms with Gasteiger partial charge in [0.05, 0.1) is 5.56 Å². The van der Waals surface area contributed by atoms with Gasteiger partial charge in [0, 0.05) is 37.7 Å². The molecule has 4 heteroatoms. The van der Waals surface area contributed by atoms with E-state index in [-0.39, 0.29) is 37.7 Å². The molecule has 0 saturated carbocycles. The van der Waals surface area contributed by atoms with Crippen molar-refractivity contribution in [2.45, 2.75) is 0 Å². The van der Waals surface area contributed by atoms with Crippen LogP contribution in [-0.2, 0) is 4.89 Å². The van der Waals surface area contributed by atoms with Crippen LogP contribution in [0.1, 0.15) is 10.4 Å². The molecule has 0 saturated heterocycles. The van der Waals surface area contributed by atoms with Crippen LogP contribution in [0.15, 0.2) is 42.5 Å². The fourth-order valence-electron chi connectivity index (χ4n) is 1.45. The number of benzene rings is 2. The van der Waals surface area contributed by atoms with E-state index in [0.29, 0.717) is 5.56 Å². The fourth-order valence-corrected chi connectivity index (χ4v) is 1.45. The summed E-state index contributed by atoms with van der Waals surface area (Å²) in [6, 6.07) is 12.7. The third kappa shape index (κ3) is 2.49. The van der Waals surface area contributed by atoms with E-state index in [9.17, 15) is 4.79 Å². The van der Waals surface area contributed by atoms with Gasteiger partial charge in [-0.25, -0.2) is 4.79 Å². The van der Waals surface area contributed by atoms with Crippen molar-refractivity contribution in [3.05, 3.63) is 48.0 Å². The third-order valence-electron chi connectivity index (χ3n) is 2.09. The molecule has 0 aliphatic heterocycles. The zero-order valence-electron chi connectivity index (χ0n) is 8.01. The molecule has 1 N–H and O–H groups in total. The first-order valence-corrected chi connectivity index (χ1v) is 4.16. The van der Waals surface area contributed by atoms with E-state index >= 15 is 0 Å². The Morgan fingerprint density at radius 3 is 2.47 bits per heavy atom. The van der Waals surface area contributed by atoms with Gasteiger partial charge < -0.3 is 0 Å².